The lowest BCUT2D eigenvalue weighted by molar-refractivity contribution is 0.0698. The molecule has 0 heterocycles. The molecule has 0 aliphatic heterocycles. The Hall–Kier alpha value is -5.26. The largest absolute Gasteiger partial charge is 0.490 e. The summed E-state index contributed by atoms with van der Waals surface area (Å²) in [5.74, 6) is -0.186. The first-order valence-electron chi connectivity index (χ1n) is 15.0. The third-order valence-electron chi connectivity index (χ3n) is 7.96. The summed E-state index contributed by atoms with van der Waals surface area (Å²) in [5.41, 5.74) is 0.571. The summed E-state index contributed by atoms with van der Waals surface area (Å²) in [6, 6.07) is 28.8. The van der Waals surface area contributed by atoms with E-state index >= 15 is 0 Å². The van der Waals surface area contributed by atoms with E-state index in [0.717, 1.165) is 28.7 Å². The van der Waals surface area contributed by atoms with Gasteiger partial charge in [0.25, 0.3) is 5.91 Å². The first-order chi connectivity index (χ1) is 22.6. The second-order valence-corrected chi connectivity index (χ2v) is 13.0. The Morgan fingerprint density at radius 1 is 0.745 bits per heavy atom. The van der Waals surface area contributed by atoms with Gasteiger partial charge in [-0.25, -0.2) is 22.3 Å². The number of nitrogens with one attached hydrogen (secondary N) is 2. The van der Waals surface area contributed by atoms with Crippen molar-refractivity contribution >= 4 is 38.4 Å². The van der Waals surface area contributed by atoms with Crippen molar-refractivity contribution in [3.05, 3.63) is 126 Å². The molecule has 240 valence electrons. The highest BCUT2D eigenvalue weighted by Gasteiger charge is 2.27. The third kappa shape index (κ3) is 7.76. The quantitative estimate of drug-likeness (QED) is 0.143. The number of hydrogen-bond donors (Lipinski definition) is 3. The lowest BCUT2D eigenvalue weighted by Gasteiger charge is -2.29. The summed E-state index contributed by atoms with van der Waals surface area (Å²) in [4.78, 5) is 24.2. The zero-order chi connectivity index (χ0) is 33.0. The van der Waals surface area contributed by atoms with Crippen molar-refractivity contribution in [1.82, 2.24) is 4.72 Å². The molecule has 1 amide bonds. The van der Waals surface area contributed by atoms with E-state index in [2.05, 4.69) is 10.0 Å². The first-order valence-corrected chi connectivity index (χ1v) is 16.5. The van der Waals surface area contributed by atoms with Crippen LogP contribution in [0.25, 0.3) is 10.8 Å². The number of halogens is 1. The van der Waals surface area contributed by atoms with Gasteiger partial charge in [-0.1, -0.05) is 24.3 Å². The molecule has 1 saturated carbocycles. The molecule has 3 N–H and O–H groups in total. The van der Waals surface area contributed by atoms with Gasteiger partial charge in [0.05, 0.1) is 22.3 Å². The van der Waals surface area contributed by atoms with Crippen LogP contribution in [0.5, 0.6) is 17.2 Å². The fourth-order valence-corrected chi connectivity index (χ4v) is 6.82. The van der Waals surface area contributed by atoms with Crippen LogP contribution in [0.15, 0.2) is 114 Å². The lowest BCUT2D eigenvalue weighted by atomic mass is 9.93. The summed E-state index contributed by atoms with van der Waals surface area (Å²) >= 11 is 0. The summed E-state index contributed by atoms with van der Waals surface area (Å²) < 4.78 is 53.5. The average molecular weight is 655 g/mol. The van der Waals surface area contributed by atoms with E-state index in [1.165, 1.54) is 24.3 Å². The van der Waals surface area contributed by atoms with Crippen LogP contribution in [0.3, 0.4) is 0 Å². The fourth-order valence-electron chi connectivity index (χ4n) is 5.51. The summed E-state index contributed by atoms with van der Waals surface area (Å²) in [6.45, 7) is 0. The minimum absolute atomic E-state index is 0.00583. The minimum atomic E-state index is -3.72. The van der Waals surface area contributed by atoms with E-state index < -0.39 is 27.7 Å². The smallest absolute Gasteiger partial charge is 0.337 e. The number of carbonyl (C=O) groups excluding carboxylic acids is 1. The molecule has 1 fully saturated rings. The second-order valence-electron chi connectivity index (χ2n) is 11.3. The maximum atomic E-state index is 13.2. The highest BCUT2D eigenvalue weighted by atomic mass is 32.2. The lowest BCUT2D eigenvalue weighted by Crippen LogP contribution is -2.39. The Kier molecular flexibility index (Phi) is 9.19. The normalized spacial score (nSPS) is 16.4. The molecule has 0 spiro atoms. The fraction of sp³-hybridized carbons (Fsp3) is 0.167. The second kappa shape index (κ2) is 13.6. The van der Waals surface area contributed by atoms with Gasteiger partial charge in [-0.2, -0.15) is 0 Å². The van der Waals surface area contributed by atoms with Gasteiger partial charge < -0.3 is 19.9 Å². The Balaban J connectivity index is 1.02. The summed E-state index contributed by atoms with van der Waals surface area (Å²) in [5, 5.41) is 13.9. The molecule has 0 radical (unpaired) electrons. The number of ether oxygens (including phenoxy) is 2. The molecular weight excluding hydrogens is 623 g/mol. The number of para-hydroxylation sites is 1. The van der Waals surface area contributed by atoms with Crippen LogP contribution < -0.4 is 19.5 Å². The molecule has 0 saturated heterocycles. The molecule has 0 bridgehead atoms. The van der Waals surface area contributed by atoms with Crippen LogP contribution in [0, 0.1) is 5.82 Å². The monoisotopic (exact) mass is 654 g/mol. The number of hydrogen-bond acceptors (Lipinski definition) is 6. The number of fused-ring (bicyclic) bond motifs is 1. The van der Waals surface area contributed by atoms with Crippen LogP contribution in [-0.4, -0.2) is 37.5 Å². The highest BCUT2D eigenvalue weighted by molar-refractivity contribution is 7.89. The standard InChI is InChI=1S/C36H31FN2O7S/c37-26-9-19-32(20-10-26)47(43,44)39-27-11-17-29(18-12-27)46-31-16-8-24-21-30(15-7-25(24)22-31)45-28-13-5-23(6-14-28)35(40)38-34-4-2-1-3-33(34)36(41)42/h1-10,13-16,19-22,27,29,39H,11-12,17-18H2,(H,38,40)(H,41,42). The zero-order valence-electron chi connectivity index (χ0n) is 25.1. The number of carboxylic acids is 1. The number of aromatic carboxylic acids is 1. The van der Waals surface area contributed by atoms with E-state index in [-0.39, 0.29) is 28.3 Å². The van der Waals surface area contributed by atoms with Gasteiger partial charge in [0.1, 0.15) is 23.1 Å². The van der Waals surface area contributed by atoms with Gasteiger partial charge in [-0.15, -0.1) is 0 Å². The predicted molar refractivity (Wildman–Crippen MR) is 175 cm³/mol. The van der Waals surface area contributed by atoms with Crippen LogP contribution in [0.1, 0.15) is 46.4 Å². The first kappa shape index (κ1) is 31.7. The summed E-state index contributed by atoms with van der Waals surface area (Å²) in [6.07, 6.45) is 2.60. The number of anilines is 1. The van der Waals surface area contributed by atoms with Crippen molar-refractivity contribution in [2.75, 3.05) is 5.32 Å². The predicted octanol–water partition coefficient (Wildman–Crippen LogP) is 7.39. The van der Waals surface area contributed by atoms with E-state index in [4.69, 9.17) is 9.47 Å². The topological polar surface area (TPSA) is 131 Å². The van der Waals surface area contributed by atoms with Gasteiger partial charge in [-0.05, 0) is 121 Å². The van der Waals surface area contributed by atoms with E-state index in [9.17, 15) is 27.5 Å². The van der Waals surface area contributed by atoms with Crippen molar-refractivity contribution in [3.63, 3.8) is 0 Å². The van der Waals surface area contributed by atoms with E-state index in [0.29, 0.717) is 42.7 Å². The molecule has 0 unspecified atom stereocenters. The number of rotatable bonds is 10. The molecule has 6 rings (SSSR count). The SMILES string of the molecule is O=C(Nc1ccccc1C(=O)O)c1ccc(Oc2ccc3cc(OC4CCC(NS(=O)(=O)c5ccc(F)cc5)CC4)ccc3c2)cc1. The van der Waals surface area contributed by atoms with Crippen LogP contribution >= 0.6 is 0 Å². The maximum absolute atomic E-state index is 13.2. The summed E-state index contributed by atoms with van der Waals surface area (Å²) in [7, 11) is -3.72. The number of benzene rings is 5. The Morgan fingerprint density at radius 3 is 2.04 bits per heavy atom. The minimum Gasteiger partial charge on any atom is -0.490 e. The number of carbonyl (C=O) groups is 2. The molecule has 9 nitrogen and oxygen atoms in total. The molecule has 5 aromatic carbocycles. The van der Waals surface area contributed by atoms with Crippen LogP contribution in [0.4, 0.5) is 10.1 Å². The average Bonchev–Trinajstić information content (AvgIpc) is 3.06. The van der Waals surface area contributed by atoms with Gasteiger partial charge in [-0.3, -0.25) is 4.79 Å². The molecule has 0 atom stereocenters. The zero-order valence-corrected chi connectivity index (χ0v) is 25.9. The van der Waals surface area contributed by atoms with Gasteiger partial charge in [0, 0.05) is 11.6 Å². The highest BCUT2D eigenvalue weighted by Crippen LogP contribution is 2.31. The molecule has 1 aliphatic rings. The maximum Gasteiger partial charge on any atom is 0.337 e. The Bertz CT molecular complexity index is 2030. The van der Waals surface area contributed by atoms with Crippen LogP contribution in [-0.2, 0) is 10.0 Å². The number of carboxylic acid groups (broad SMARTS) is 1. The molecule has 11 heteroatoms. The Labute approximate surface area is 271 Å². The van der Waals surface area contributed by atoms with Crippen molar-refractivity contribution < 1.29 is 37.0 Å². The third-order valence-corrected chi connectivity index (χ3v) is 9.50. The molecule has 47 heavy (non-hydrogen) atoms. The van der Waals surface area contributed by atoms with E-state index in [1.807, 2.05) is 36.4 Å². The van der Waals surface area contributed by atoms with Gasteiger partial charge in [0.2, 0.25) is 10.0 Å². The van der Waals surface area contributed by atoms with Crippen molar-refractivity contribution in [3.8, 4) is 17.2 Å². The van der Waals surface area contributed by atoms with E-state index in [1.54, 1.807) is 36.4 Å². The molecule has 0 aromatic heterocycles. The van der Waals surface area contributed by atoms with Gasteiger partial charge >= 0.3 is 5.97 Å². The Morgan fingerprint density at radius 2 is 1.36 bits per heavy atom. The van der Waals surface area contributed by atoms with Crippen molar-refractivity contribution in [2.24, 2.45) is 0 Å². The van der Waals surface area contributed by atoms with Crippen molar-refractivity contribution in [2.45, 2.75) is 42.7 Å². The van der Waals surface area contributed by atoms with Crippen molar-refractivity contribution in [1.29, 1.82) is 0 Å². The molecule has 5 aromatic rings. The molecular formula is C36H31FN2O7S. The van der Waals surface area contributed by atoms with Crippen LogP contribution in [0.2, 0.25) is 0 Å². The molecule has 1 aliphatic carbocycles. The number of amides is 1. The van der Waals surface area contributed by atoms with Gasteiger partial charge in [0.15, 0.2) is 0 Å². The number of sulfonamides is 1.